The van der Waals surface area contributed by atoms with Crippen molar-refractivity contribution < 1.29 is 9.59 Å². The van der Waals surface area contributed by atoms with Crippen LogP contribution in [0.15, 0.2) is 24.3 Å². The molecule has 3 unspecified atom stereocenters. The number of fused-ring (bicyclic) bond motifs is 3. The lowest BCUT2D eigenvalue weighted by atomic mass is 10.1. The maximum Gasteiger partial charge on any atom is 0.327 e. The van der Waals surface area contributed by atoms with Gasteiger partial charge in [0.05, 0.1) is 0 Å². The molecule has 27 heavy (non-hydrogen) atoms. The second kappa shape index (κ2) is 7.30. The number of nitrogens with zero attached hydrogens (tertiary/aromatic N) is 4. The molecule has 0 spiro atoms. The number of unbranched alkanes of at least 4 members (excludes halogenated alkanes) is 1. The topological polar surface area (TPSA) is 59.1 Å². The molecule has 0 bridgehead atoms. The smallest absolute Gasteiger partial charge is 0.327 e. The molecule has 3 atom stereocenters. The Morgan fingerprint density at radius 2 is 1.93 bits per heavy atom. The van der Waals surface area contributed by atoms with E-state index in [1.165, 1.54) is 4.90 Å². The predicted molar refractivity (Wildman–Crippen MR) is 104 cm³/mol. The molecule has 3 fully saturated rings. The van der Waals surface area contributed by atoms with E-state index >= 15 is 0 Å². The monoisotopic (exact) mass is 391 g/mol. The summed E-state index contributed by atoms with van der Waals surface area (Å²) >= 11 is 6.03. The van der Waals surface area contributed by atoms with Gasteiger partial charge in [0.1, 0.15) is 18.5 Å². The number of halogens is 1. The van der Waals surface area contributed by atoms with Gasteiger partial charge in [-0.3, -0.25) is 19.9 Å². The fraction of sp³-hybridized carbons (Fsp3) is 0.579. The van der Waals surface area contributed by atoms with Crippen molar-refractivity contribution in [3.63, 3.8) is 0 Å². The first-order chi connectivity index (χ1) is 13.0. The summed E-state index contributed by atoms with van der Waals surface area (Å²) in [5.41, 5.74) is 1.06. The van der Waals surface area contributed by atoms with Crippen LogP contribution < -0.4 is 10.2 Å². The summed E-state index contributed by atoms with van der Waals surface area (Å²) < 4.78 is 0. The molecule has 4 rings (SSSR count). The van der Waals surface area contributed by atoms with E-state index in [0.717, 1.165) is 38.0 Å². The van der Waals surface area contributed by atoms with Crippen molar-refractivity contribution in [2.75, 3.05) is 31.6 Å². The van der Waals surface area contributed by atoms with Crippen LogP contribution in [0.4, 0.5) is 10.5 Å². The summed E-state index contributed by atoms with van der Waals surface area (Å²) in [6, 6.07) is 7.21. The molecule has 3 amide bonds. The molecule has 3 heterocycles. The highest BCUT2D eigenvalue weighted by molar-refractivity contribution is 6.30. The lowest BCUT2D eigenvalue weighted by molar-refractivity contribution is -0.138. The van der Waals surface area contributed by atoms with Crippen LogP contribution in [0.1, 0.15) is 26.2 Å². The zero-order chi connectivity index (χ0) is 19.1. The van der Waals surface area contributed by atoms with Crippen molar-refractivity contribution in [3.8, 4) is 0 Å². The number of nitrogens with one attached hydrogen (secondary N) is 1. The van der Waals surface area contributed by atoms with Crippen LogP contribution in [0.2, 0.25) is 5.02 Å². The number of urea groups is 1. The number of hydrogen-bond acceptors (Lipinski definition) is 5. The van der Waals surface area contributed by atoms with Crippen LogP contribution in [0, 0.1) is 0 Å². The van der Waals surface area contributed by atoms with Crippen molar-refractivity contribution in [1.82, 2.24) is 20.0 Å². The first-order valence-corrected chi connectivity index (χ1v) is 10.0. The lowest BCUT2D eigenvalue weighted by Gasteiger charge is -2.43. The summed E-state index contributed by atoms with van der Waals surface area (Å²) in [7, 11) is 1.78. The van der Waals surface area contributed by atoms with E-state index in [0.29, 0.717) is 11.6 Å². The van der Waals surface area contributed by atoms with Crippen molar-refractivity contribution in [2.45, 2.75) is 44.7 Å². The van der Waals surface area contributed by atoms with Gasteiger partial charge in [-0.2, -0.15) is 0 Å². The Kier molecular flexibility index (Phi) is 5.01. The molecule has 3 aliphatic rings. The number of rotatable bonds is 4. The van der Waals surface area contributed by atoms with Gasteiger partial charge in [-0.05, 0) is 37.1 Å². The van der Waals surface area contributed by atoms with Crippen LogP contribution in [-0.4, -0.2) is 71.8 Å². The van der Waals surface area contributed by atoms with Gasteiger partial charge in [-0.25, -0.2) is 4.79 Å². The highest BCUT2D eigenvalue weighted by Crippen LogP contribution is 2.33. The number of likely N-dealkylation sites (N-methyl/N-ethyl adjacent to an activating group) is 1. The maximum atomic E-state index is 13.2. The maximum absolute atomic E-state index is 13.2. The van der Waals surface area contributed by atoms with Gasteiger partial charge < -0.3 is 9.80 Å². The third-order valence-corrected chi connectivity index (χ3v) is 6.02. The first-order valence-electron chi connectivity index (χ1n) is 9.65. The van der Waals surface area contributed by atoms with E-state index in [4.69, 9.17) is 11.6 Å². The third kappa shape index (κ3) is 3.07. The van der Waals surface area contributed by atoms with Gasteiger partial charge in [0, 0.05) is 37.4 Å². The molecule has 0 saturated carbocycles. The molecule has 1 aromatic carbocycles. The standard InChI is InChI=1S/C19H26ClN5O2/c1-3-4-10-25-17(26)15-16(22(2)19(25)27)21-18-23(11-5-12-24(15)18)14-8-6-13(20)7-9-14/h6-9,15-16,18,21H,3-5,10-12H2,1-2H3. The molecule has 146 valence electrons. The molecule has 1 N–H and O–H groups in total. The van der Waals surface area contributed by atoms with E-state index < -0.39 is 0 Å². The molecule has 8 heteroatoms. The molecule has 0 radical (unpaired) electrons. The van der Waals surface area contributed by atoms with Gasteiger partial charge >= 0.3 is 6.03 Å². The van der Waals surface area contributed by atoms with Gasteiger partial charge in [-0.1, -0.05) is 24.9 Å². The number of hydrogen-bond donors (Lipinski definition) is 1. The average Bonchev–Trinajstić information content (AvgIpc) is 3.07. The summed E-state index contributed by atoms with van der Waals surface area (Å²) in [4.78, 5) is 33.5. The Hall–Kier alpha value is -1.83. The Balaban J connectivity index is 1.62. The molecule has 0 aliphatic carbocycles. The Morgan fingerprint density at radius 3 is 2.63 bits per heavy atom. The quantitative estimate of drug-likeness (QED) is 0.852. The van der Waals surface area contributed by atoms with E-state index in [-0.39, 0.29) is 30.4 Å². The van der Waals surface area contributed by atoms with E-state index in [1.807, 2.05) is 24.3 Å². The molecule has 3 aliphatic heterocycles. The van der Waals surface area contributed by atoms with Gasteiger partial charge in [0.15, 0.2) is 0 Å². The molecule has 7 nitrogen and oxygen atoms in total. The highest BCUT2D eigenvalue weighted by Gasteiger charge is 2.55. The normalized spacial score (nSPS) is 28.6. The minimum Gasteiger partial charge on any atom is -0.343 e. The van der Waals surface area contributed by atoms with Gasteiger partial charge in [0.2, 0.25) is 0 Å². The van der Waals surface area contributed by atoms with E-state index in [2.05, 4.69) is 22.0 Å². The molecular weight excluding hydrogens is 366 g/mol. The summed E-state index contributed by atoms with van der Waals surface area (Å²) in [6.45, 7) is 4.27. The highest BCUT2D eigenvalue weighted by atomic mass is 35.5. The van der Waals surface area contributed by atoms with Gasteiger partial charge in [-0.15, -0.1) is 0 Å². The Labute approximate surface area is 164 Å². The molecule has 3 saturated heterocycles. The van der Waals surface area contributed by atoms with Crippen molar-refractivity contribution in [2.24, 2.45) is 0 Å². The molecule has 0 aromatic heterocycles. The zero-order valence-electron chi connectivity index (χ0n) is 15.8. The first kappa shape index (κ1) is 18.5. The van der Waals surface area contributed by atoms with E-state index in [9.17, 15) is 9.59 Å². The SMILES string of the molecule is CCCCN1C(=O)C2C(NC3N(c4ccc(Cl)cc4)CCCN23)N(C)C1=O. The molecular formula is C19H26ClN5O2. The number of imide groups is 1. The summed E-state index contributed by atoms with van der Waals surface area (Å²) in [5, 5.41) is 4.22. The second-order valence-electron chi connectivity index (χ2n) is 7.43. The number of anilines is 1. The minimum absolute atomic E-state index is 0.0792. The third-order valence-electron chi connectivity index (χ3n) is 5.76. The van der Waals surface area contributed by atoms with Crippen LogP contribution in [-0.2, 0) is 4.79 Å². The van der Waals surface area contributed by atoms with Crippen LogP contribution in [0.25, 0.3) is 0 Å². The summed E-state index contributed by atoms with van der Waals surface area (Å²) in [5.74, 6) is -0.0792. The Bertz CT molecular complexity index is 727. The second-order valence-corrected chi connectivity index (χ2v) is 7.86. The number of amides is 3. The van der Waals surface area contributed by atoms with Crippen LogP contribution in [0.3, 0.4) is 0 Å². The van der Waals surface area contributed by atoms with Crippen LogP contribution >= 0.6 is 11.6 Å². The minimum atomic E-state index is -0.343. The zero-order valence-corrected chi connectivity index (χ0v) is 16.5. The molecule has 1 aromatic rings. The largest absolute Gasteiger partial charge is 0.343 e. The van der Waals surface area contributed by atoms with Gasteiger partial charge in [0.25, 0.3) is 5.91 Å². The number of benzene rings is 1. The van der Waals surface area contributed by atoms with Crippen LogP contribution in [0.5, 0.6) is 0 Å². The fourth-order valence-electron chi connectivity index (χ4n) is 4.34. The number of carbonyl (C=O) groups is 2. The average molecular weight is 392 g/mol. The van der Waals surface area contributed by atoms with Crippen molar-refractivity contribution in [1.29, 1.82) is 0 Å². The predicted octanol–water partition coefficient (Wildman–Crippen LogP) is 2.13. The summed E-state index contributed by atoms with van der Waals surface area (Å²) in [6.07, 6.45) is 2.32. The number of carbonyl (C=O) groups excluding carboxylic acids is 2. The van der Waals surface area contributed by atoms with Crippen molar-refractivity contribution >= 4 is 29.2 Å². The van der Waals surface area contributed by atoms with E-state index in [1.54, 1.807) is 11.9 Å². The fourth-order valence-corrected chi connectivity index (χ4v) is 4.46. The van der Waals surface area contributed by atoms with Crippen molar-refractivity contribution in [3.05, 3.63) is 29.3 Å². The lowest BCUT2D eigenvalue weighted by Crippen LogP contribution is -2.66. The Morgan fingerprint density at radius 1 is 1.19 bits per heavy atom.